The fourth-order valence-corrected chi connectivity index (χ4v) is 1.78. The lowest BCUT2D eigenvalue weighted by atomic mass is 10.2. The smallest absolute Gasteiger partial charge is 0.241 e. The fraction of sp³-hybridized carbons (Fsp3) is 0.125. The number of carbonyl (C=O) groups is 2. The van der Waals surface area contributed by atoms with Gasteiger partial charge in [0.05, 0.1) is 12.5 Å². The van der Waals surface area contributed by atoms with Crippen LogP contribution in [0.2, 0.25) is 0 Å². The summed E-state index contributed by atoms with van der Waals surface area (Å²) in [7, 11) is 0. The molecule has 0 aliphatic heterocycles. The molecule has 5 nitrogen and oxygen atoms in total. The van der Waals surface area contributed by atoms with E-state index in [4.69, 9.17) is 5.73 Å². The zero-order chi connectivity index (χ0) is 15.1. The monoisotopic (exact) mass is 283 g/mol. The molecule has 1 unspecified atom stereocenters. The van der Waals surface area contributed by atoms with Gasteiger partial charge in [-0.25, -0.2) is 0 Å². The molecule has 2 amide bonds. The van der Waals surface area contributed by atoms with Crippen LogP contribution in [0.15, 0.2) is 60.7 Å². The van der Waals surface area contributed by atoms with Crippen molar-refractivity contribution in [2.75, 3.05) is 10.6 Å². The first-order valence-corrected chi connectivity index (χ1v) is 6.61. The molecule has 2 aromatic carbocycles. The number of rotatable bonds is 5. The minimum atomic E-state index is -0.895. The number of nitrogens with two attached hydrogens (primary N) is 1. The lowest BCUT2D eigenvalue weighted by molar-refractivity contribution is -0.122. The summed E-state index contributed by atoms with van der Waals surface area (Å²) in [4.78, 5) is 23.7. The van der Waals surface area contributed by atoms with Crippen molar-refractivity contribution in [1.29, 1.82) is 0 Å². The number of hydrogen-bond acceptors (Lipinski definition) is 3. The Kier molecular flexibility index (Phi) is 5.06. The predicted molar refractivity (Wildman–Crippen MR) is 82.7 cm³/mol. The zero-order valence-electron chi connectivity index (χ0n) is 11.5. The number of carbonyl (C=O) groups excluding carboxylic acids is 2. The van der Waals surface area contributed by atoms with Crippen molar-refractivity contribution < 1.29 is 9.59 Å². The van der Waals surface area contributed by atoms with E-state index in [2.05, 4.69) is 10.6 Å². The Morgan fingerprint density at radius 3 is 1.86 bits per heavy atom. The molecule has 2 aromatic rings. The molecule has 0 saturated heterocycles. The highest BCUT2D eigenvalue weighted by Gasteiger charge is 2.17. The van der Waals surface area contributed by atoms with E-state index in [9.17, 15) is 9.59 Å². The van der Waals surface area contributed by atoms with Gasteiger partial charge in [0.15, 0.2) is 0 Å². The summed E-state index contributed by atoms with van der Waals surface area (Å²) < 4.78 is 0. The molecule has 0 aliphatic carbocycles. The number of hydrogen-bond donors (Lipinski definition) is 3. The maximum absolute atomic E-state index is 11.9. The number of para-hydroxylation sites is 2. The van der Waals surface area contributed by atoms with Crippen molar-refractivity contribution in [2.45, 2.75) is 12.5 Å². The van der Waals surface area contributed by atoms with Crippen LogP contribution < -0.4 is 16.4 Å². The molecule has 108 valence electrons. The Labute approximate surface area is 123 Å². The van der Waals surface area contributed by atoms with Crippen molar-refractivity contribution in [1.82, 2.24) is 0 Å². The van der Waals surface area contributed by atoms with Crippen LogP contribution in [0.5, 0.6) is 0 Å². The molecule has 4 N–H and O–H groups in total. The molecule has 1 atom stereocenters. The van der Waals surface area contributed by atoms with Crippen LogP contribution in [0, 0.1) is 0 Å². The third-order valence-electron chi connectivity index (χ3n) is 2.84. The molecule has 0 aromatic heterocycles. The third-order valence-corrected chi connectivity index (χ3v) is 2.84. The van der Waals surface area contributed by atoms with Gasteiger partial charge in [0, 0.05) is 11.4 Å². The fourth-order valence-electron chi connectivity index (χ4n) is 1.78. The van der Waals surface area contributed by atoms with Gasteiger partial charge < -0.3 is 16.4 Å². The minimum Gasteiger partial charge on any atom is -0.326 e. The maximum Gasteiger partial charge on any atom is 0.241 e. The first-order chi connectivity index (χ1) is 10.1. The van der Waals surface area contributed by atoms with E-state index < -0.39 is 6.04 Å². The molecule has 21 heavy (non-hydrogen) atoms. The lowest BCUT2D eigenvalue weighted by Gasteiger charge is -2.12. The molecular formula is C16H17N3O2. The molecule has 0 saturated carbocycles. The predicted octanol–water partition coefficient (Wildman–Crippen LogP) is 1.98. The Balaban J connectivity index is 1.84. The third kappa shape index (κ3) is 4.74. The average molecular weight is 283 g/mol. The quantitative estimate of drug-likeness (QED) is 0.784. The Hall–Kier alpha value is -2.66. The van der Waals surface area contributed by atoms with E-state index in [1.165, 1.54) is 0 Å². The van der Waals surface area contributed by atoms with Gasteiger partial charge in [-0.3, -0.25) is 9.59 Å². The molecule has 5 heteroatoms. The van der Waals surface area contributed by atoms with Crippen LogP contribution >= 0.6 is 0 Å². The van der Waals surface area contributed by atoms with Gasteiger partial charge in [-0.05, 0) is 24.3 Å². The standard InChI is InChI=1S/C16H17N3O2/c17-14(16(21)19-13-9-5-2-6-10-13)11-15(20)18-12-7-3-1-4-8-12/h1-10,14H,11,17H2,(H,18,20)(H,19,21). The molecule has 0 spiro atoms. The zero-order valence-corrected chi connectivity index (χ0v) is 11.5. The largest absolute Gasteiger partial charge is 0.326 e. The van der Waals surface area contributed by atoms with Crippen molar-refractivity contribution in [2.24, 2.45) is 5.73 Å². The van der Waals surface area contributed by atoms with Gasteiger partial charge in [0.25, 0.3) is 0 Å². The molecular weight excluding hydrogens is 266 g/mol. The second-order valence-corrected chi connectivity index (χ2v) is 4.58. The Morgan fingerprint density at radius 1 is 0.857 bits per heavy atom. The van der Waals surface area contributed by atoms with E-state index in [1.54, 1.807) is 24.3 Å². The van der Waals surface area contributed by atoms with Crippen LogP contribution in [-0.4, -0.2) is 17.9 Å². The molecule has 0 aliphatic rings. The number of benzene rings is 2. The summed E-state index contributed by atoms with van der Waals surface area (Å²) in [5.74, 6) is -0.679. The topological polar surface area (TPSA) is 84.2 Å². The number of nitrogens with one attached hydrogen (secondary N) is 2. The SMILES string of the molecule is NC(CC(=O)Nc1ccccc1)C(=O)Nc1ccccc1. The average Bonchev–Trinajstić information content (AvgIpc) is 2.49. The first-order valence-electron chi connectivity index (χ1n) is 6.61. The Morgan fingerprint density at radius 2 is 1.33 bits per heavy atom. The summed E-state index contributed by atoms with van der Waals surface area (Å²) in [6.07, 6.45) is -0.0758. The summed E-state index contributed by atoms with van der Waals surface area (Å²) in [5.41, 5.74) is 7.08. The summed E-state index contributed by atoms with van der Waals surface area (Å²) >= 11 is 0. The summed E-state index contributed by atoms with van der Waals surface area (Å²) in [6, 6.07) is 17.1. The molecule has 0 bridgehead atoms. The van der Waals surface area contributed by atoms with Crippen LogP contribution in [-0.2, 0) is 9.59 Å². The summed E-state index contributed by atoms with van der Waals surface area (Å²) in [6.45, 7) is 0. The summed E-state index contributed by atoms with van der Waals surface area (Å²) in [5, 5.41) is 5.36. The second-order valence-electron chi connectivity index (χ2n) is 4.58. The highest BCUT2D eigenvalue weighted by atomic mass is 16.2. The highest BCUT2D eigenvalue weighted by Crippen LogP contribution is 2.08. The molecule has 0 fully saturated rings. The maximum atomic E-state index is 11.9. The lowest BCUT2D eigenvalue weighted by Crippen LogP contribution is -2.38. The van der Waals surface area contributed by atoms with Gasteiger partial charge in [-0.1, -0.05) is 36.4 Å². The second kappa shape index (κ2) is 7.21. The van der Waals surface area contributed by atoms with E-state index in [1.807, 2.05) is 36.4 Å². The van der Waals surface area contributed by atoms with Gasteiger partial charge in [0.2, 0.25) is 11.8 Å². The Bertz CT molecular complexity index is 599. The van der Waals surface area contributed by atoms with Crippen LogP contribution in [0.4, 0.5) is 11.4 Å². The number of amides is 2. The normalized spacial score (nSPS) is 11.5. The van der Waals surface area contributed by atoms with Gasteiger partial charge in [-0.15, -0.1) is 0 Å². The van der Waals surface area contributed by atoms with Gasteiger partial charge in [0.1, 0.15) is 0 Å². The minimum absolute atomic E-state index is 0.0758. The van der Waals surface area contributed by atoms with Crippen molar-refractivity contribution >= 4 is 23.2 Å². The van der Waals surface area contributed by atoms with Crippen molar-refractivity contribution in [3.8, 4) is 0 Å². The van der Waals surface area contributed by atoms with Crippen LogP contribution in [0.1, 0.15) is 6.42 Å². The van der Waals surface area contributed by atoms with Gasteiger partial charge in [-0.2, -0.15) is 0 Å². The van der Waals surface area contributed by atoms with E-state index in [0.29, 0.717) is 11.4 Å². The molecule has 0 radical (unpaired) electrons. The molecule has 2 rings (SSSR count). The molecule has 0 heterocycles. The van der Waals surface area contributed by atoms with E-state index >= 15 is 0 Å². The highest BCUT2D eigenvalue weighted by molar-refractivity contribution is 6.00. The van der Waals surface area contributed by atoms with Crippen LogP contribution in [0.3, 0.4) is 0 Å². The van der Waals surface area contributed by atoms with E-state index in [0.717, 1.165) is 0 Å². The van der Waals surface area contributed by atoms with Crippen molar-refractivity contribution in [3.63, 3.8) is 0 Å². The van der Waals surface area contributed by atoms with Crippen LogP contribution in [0.25, 0.3) is 0 Å². The van der Waals surface area contributed by atoms with Crippen molar-refractivity contribution in [3.05, 3.63) is 60.7 Å². The van der Waals surface area contributed by atoms with Gasteiger partial charge >= 0.3 is 0 Å². The first kappa shape index (κ1) is 14.7. The number of anilines is 2. The van der Waals surface area contributed by atoms with E-state index in [-0.39, 0.29) is 18.2 Å².